The average molecular weight is 373 g/mol. The van der Waals surface area contributed by atoms with Gasteiger partial charge in [-0.3, -0.25) is 9.48 Å². The fourth-order valence-electron chi connectivity index (χ4n) is 5.81. The first kappa shape index (κ1) is 17.5. The second kappa shape index (κ2) is 5.97. The first-order valence-electron chi connectivity index (χ1n) is 10.4. The predicted octanol–water partition coefficient (Wildman–Crippen LogP) is 5.06. The Balaban J connectivity index is 1.70. The highest BCUT2D eigenvalue weighted by Gasteiger charge is 2.62. The minimum Gasteiger partial charge on any atom is -0.281 e. The maximum Gasteiger partial charge on any atom is 0.275 e. The molecule has 0 spiro atoms. The molecule has 28 heavy (non-hydrogen) atoms. The van der Waals surface area contributed by atoms with E-state index in [2.05, 4.69) is 55.8 Å². The van der Waals surface area contributed by atoms with Crippen molar-refractivity contribution < 1.29 is 0 Å². The lowest BCUT2D eigenvalue weighted by atomic mass is 9.70. The maximum absolute atomic E-state index is 13.7. The number of aromatic nitrogens is 2. The summed E-state index contributed by atoms with van der Waals surface area (Å²) in [6.45, 7) is 7.92. The largest absolute Gasteiger partial charge is 0.281 e. The van der Waals surface area contributed by atoms with E-state index in [1.54, 1.807) is 0 Å². The van der Waals surface area contributed by atoms with Gasteiger partial charge in [0.05, 0.1) is 11.4 Å². The molecular formula is C25H28N2O. The van der Waals surface area contributed by atoms with E-state index < -0.39 is 0 Å². The van der Waals surface area contributed by atoms with Gasteiger partial charge in [0, 0.05) is 17.5 Å². The fourth-order valence-corrected chi connectivity index (χ4v) is 5.81. The predicted molar refractivity (Wildman–Crippen MR) is 113 cm³/mol. The van der Waals surface area contributed by atoms with Crippen molar-refractivity contribution in [3.8, 4) is 5.69 Å². The summed E-state index contributed by atoms with van der Waals surface area (Å²) >= 11 is 0. The number of aryl methyl sites for hydroxylation is 1. The van der Waals surface area contributed by atoms with Crippen LogP contribution in [0.1, 0.15) is 56.4 Å². The van der Waals surface area contributed by atoms with Crippen molar-refractivity contribution in [2.45, 2.75) is 57.9 Å². The molecule has 0 saturated heterocycles. The second-order valence-electron chi connectivity index (χ2n) is 9.22. The molecule has 2 aliphatic rings. The van der Waals surface area contributed by atoms with Gasteiger partial charge < -0.3 is 0 Å². The van der Waals surface area contributed by atoms with E-state index in [9.17, 15) is 4.79 Å². The number of benzene rings is 2. The lowest BCUT2D eigenvalue weighted by Gasteiger charge is -2.36. The van der Waals surface area contributed by atoms with E-state index in [1.807, 2.05) is 35.0 Å². The van der Waals surface area contributed by atoms with Crippen LogP contribution in [-0.2, 0) is 18.4 Å². The van der Waals surface area contributed by atoms with Crippen LogP contribution in [0, 0.1) is 5.41 Å². The Bertz CT molecular complexity index is 1070. The summed E-state index contributed by atoms with van der Waals surface area (Å²) in [5, 5.41) is 0. The number of nitrogens with zero attached hydrogens (tertiary/aromatic N) is 2. The molecule has 2 aromatic carbocycles. The Hall–Kier alpha value is -2.55. The van der Waals surface area contributed by atoms with Crippen molar-refractivity contribution in [3.05, 3.63) is 87.8 Å². The molecule has 0 N–H and O–H groups in total. The average Bonchev–Trinajstić information content (AvgIpc) is 3.19. The topological polar surface area (TPSA) is 26.9 Å². The zero-order chi connectivity index (χ0) is 19.5. The molecule has 0 amide bonds. The fraction of sp³-hybridized carbons (Fsp3) is 0.400. The summed E-state index contributed by atoms with van der Waals surface area (Å²) in [7, 11) is 0. The monoisotopic (exact) mass is 372 g/mol. The molecule has 0 unspecified atom stereocenters. The molecule has 0 radical (unpaired) electrons. The van der Waals surface area contributed by atoms with Crippen LogP contribution in [0.25, 0.3) is 5.69 Å². The van der Waals surface area contributed by atoms with Crippen molar-refractivity contribution >= 4 is 0 Å². The van der Waals surface area contributed by atoms with Gasteiger partial charge in [-0.2, -0.15) is 0 Å². The summed E-state index contributed by atoms with van der Waals surface area (Å²) in [5.74, 6) is 0.368. The summed E-state index contributed by atoms with van der Waals surface area (Å²) in [6.07, 6.45) is 3.22. The minimum atomic E-state index is 0.0584. The molecule has 0 aliphatic heterocycles. The SMILES string of the molecule is CC1(C)[C@@H]2CC[C@@]1(C)c1c2c(=O)n(-c2ccccc2)n1CCc1ccccc1. The maximum atomic E-state index is 13.7. The van der Waals surface area contributed by atoms with Crippen LogP contribution in [-0.4, -0.2) is 9.36 Å². The zero-order valence-corrected chi connectivity index (χ0v) is 17.0. The summed E-state index contributed by atoms with van der Waals surface area (Å²) in [6, 6.07) is 20.7. The Morgan fingerprint density at radius 3 is 2.29 bits per heavy atom. The van der Waals surface area contributed by atoms with Crippen LogP contribution in [0.3, 0.4) is 0 Å². The van der Waals surface area contributed by atoms with E-state index in [0.29, 0.717) is 5.92 Å². The highest BCUT2D eigenvalue weighted by atomic mass is 16.1. The quantitative estimate of drug-likeness (QED) is 0.629. The van der Waals surface area contributed by atoms with Crippen molar-refractivity contribution in [2.75, 3.05) is 0 Å². The van der Waals surface area contributed by atoms with Crippen molar-refractivity contribution in [3.63, 3.8) is 0 Å². The zero-order valence-electron chi connectivity index (χ0n) is 17.0. The van der Waals surface area contributed by atoms with Crippen LogP contribution in [0.4, 0.5) is 0 Å². The van der Waals surface area contributed by atoms with Gasteiger partial charge >= 0.3 is 0 Å². The van der Waals surface area contributed by atoms with Gasteiger partial charge in [0.2, 0.25) is 0 Å². The van der Waals surface area contributed by atoms with Crippen molar-refractivity contribution in [2.24, 2.45) is 5.41 Å². The molecule has 1 aromatic heterocycles. The molecule has 144 valence electrons. The molecule has 1 heterocycles. The van der Waals surface area contributed by atoms with Crippen LogP contribution in [0.5, 0.6) is 0 Å². The molecule has 2 bridgehead atoms. The van der Waals surface area contributed by atoms with Crippen LogP contribution in [0.2, 0.25) is 0 Å². The highest BCUT2D eigenvalue weighted by Crippen LogP contribution is 2.67. The molecule has 2 atom stereocenters. The van der Waals surface area contributed by atoms with Crippen molar-refractivity contribution in [1.29, 1.82) is 0 Å². The van der Waals surface area contributed by atoms with Crippen molar-refractivity contribution in [1.82, 2.24) is 9.36 Å². The van der Waals surface area contributed by atoms with Gasteiger partial charge in [0.25, 0.3) is 5.56 Å². The van der Waals surface area contributed by atoms with Gasteiger partial charge in [-0.25, -0.2) is 4.68 Å². The van der Waals surface area contributed by atoms with E-state index >= 15 is 0 Å². The van der Waals surface area contributed by atoms with E-state index in [-0.39, 0.29) is 16.4 Å². The Morgan fingerprint density at radius 1 is 0.964 bits per heavy atom. The number of rotatable bonds is 4. The van der Waals surface area contributed by atoms with Gasteiger partial charge in [-0.1, -0.05) is 69.3 Å². The molecule has 1 saturated carbocycles. The number of hydrogen-bond donors (Lipinski definition) is 0. The molecule has 5 rings (SSSR count). The highest BCUT2D eigenvalue weighted by molar-refractivity contribution is 5.47. The standard InChI is InChI=1S/C25H28N2O/c1-24(2)20-14-16-25(24,3)22-21(20)23(28)27(19-12-8-5-9-13-19)26(22)17-15-18-10-6-4-7-11-18/h4-13,20H,14-17H2,1-3H3/t20-,25+/m1/s1. The molecule has 3 aromatic rings. The van der Waals surface area contributed by atoms with Crippen LogP contribution < -0.4 is 5.56 Å². The minimum absolute atomic E-state index is 0.0584. The van der Waals surface area contributed by atoms with Crippen LogP contribution >= 0.6 is 0 Å². The van der Waals surface area contributed by atoms with E-state index in [4.69, 9.17) is 0 Å². The van der Waals surface area contributed by atoms with Gasteiger partial charge in [0.1, 0.15) is 0 Å². The normalized spacial score (nSPS) is 24.5. The van der Waals surface area contributed by atoms with Gasteiger partial charge in [-0.15, -0.1) is 0 Å². The first-order valence-corrected chi connectivity index (χ1v) is 10.4. The van der Waals surface area contributed by atoms with Crippen LogP contribution in [0.15, 0.2) is 65.5 Å². The number of hydrogen-bond acceptors (Lipinski definition) is 1. The summed E-state index contributed by atoms with van der Waals surface area (Å²) in [5.41, 5.74) is 5.04. The molecule has 1 fully saturated rings. The molecule has 3 heteroatoms. The number of fused-ring (bicyclic) bond motifs is 5. The molecule has 3 nitrogen and oxygen atoms in total. The number of para-hydroxylation sites is 1. The first-order chi connectivity index (χ1) is 13.4. The third kappa shape index (κ3) is 2.19. The smallest absolute Gasteiger partial charge is 0.275 e. The van der Waals surface area contributed by atoms with E-state index in [0.717, 1.165) is 30.6 Å². The lowest BCUT2D eigenvalue weighted by Crippen LogP contribution is -2.36. The van der Waals surface area contributed by atoms with E-state index in [1.165, 1.54) is 17.7 Å². The molecular weight excluding hydrogens is 344 g/mol. The van der Waals surface area contributed by atoms with Gasteiger partial charge in [-0.05, 0) is 48.3 Å². The summed E-state index contributed by atoms with van der Waals surface area (Å²) < 4.78 is 4.25. The Labute approximate surface area is 166 Å². The third-order valence-corrected chi connectivity index (χ3v) is 7.73. The van der Waals surface area contributed by atoms with Gasteiger partial charge in [0.15, 0.2) is 0 Å². The third-order valence-electron chi connectivity index (χ3n) is 7.73. The second-order valence-corrected chi connectivity index (χ2v) is 9.22. The molecule has 2 aliphatic carbocycles. The lowest BCUT2D eigenvalue weighted by molar-refractivity contribution is 0.215. The Morgan fingerprint density at radius 2 is 1.61 bits per heavy atom. The summed E-state index contributed by atoms with van der Waals surface area (Å²) in [4.78, 5) is 13.7. The Kier molecular flexibility index (Phi) is 3.74.